The molecule has 6 heterocycles. The fourth-order valence-corrected chi connectivity index (χ4v) is 11.8. The maximum Gasteiger partial charge on any atom is 0.145 e. The number of ether oxygens (including phenoxy) is 9. The van der Waals surface area contributed by atoms with Gasteiger partial charge in [0.1, 0.15) is 41.8 Å². The van der Waals surface area contributed by atoms with E-state index in [2.05, 4.69) is 142 Å². The van der Waals surface area contributed by atoms with E-state index >= 15 is 0 Å². The number of hydrogen-bond acceptors (Lipinski definition) is 13. The monoisotopic (exact) mass is 1230 g/mol. The summed E-state index contributed by atoms with van der Waals surface area (Å²) in [4.78, 5) is 19.0. The van der Waals surface area contributed by atoms with E-state index in [0.29, 0.717) is 45.5 Å². The third-order valence-corrected chi connectivity index (χ3v) is 16.9. The van der Waals surface area contributed by atoms with Gasteiger partial charge in [0, 0.05) is 38.1 Å². The molecule has 3 aliphatic rings. The van der Waals surface area contributed by atoms with E-state index in [4.69, 9.17) is 52.6 Å². The number of methoxy groups -OCH3 is 2. The fraction of sp³-hybridized carbons (Fsp3) is 0.436. The van der Waals surface area contributed by atoms with Crippen molar-refractivity contribution in [2.75, 3.05) is 67.1 Å². The van der Waals surface area contributed by atoms with Gasteiger partial charge < -0.3 is 42.6 Å². The second kappa shape index (κ2) is 29.0. The SMILES string of the molecule is COc1c2cc(C(C)(C)C)cc1Cc1cc(C(C)(C)C)cc3c1O[C@@H](COCc1cccc(-c4ccccn4)n1)COCCOCCO[C@H](COCc1cccc(-c4ccccn4)n1)COc1c(cc(C(C)(C)C)cc1Cc1cc(C(C)(C)C)cc(c1OC)C3)C2. The Morgan fingerprint density at radius 1 is 0.407 bits per heavy atom. The zero-order valence-electron chi connectivity index (χ0n) is 56.2. The average molecular weight is 1230 g/mol. The minimum Gasteiger partial charge on any atom is -0.496 e. The Labute approximate surface area is 540 Å². The first-order valence-electron chi connectivity index (χ1n) is 32.2. The van der Waals surface area contributed by atoms with Gasteiger partial charge in [0.15, 0.2) is 0 Å². The Balaban J connectivity index is 1.15. The average Bonchev–Trinajstić information content (AvgIpc) is 0.829. The molecule has 2 atom stereocenters. The highest BCUT2D eigenvalue weighted by molar-refractivity contribution is 5.61. The van der Waals surface area contributed by atoms with Gasteiger partial charge >= 0.3 is 0 Å². The molecule has 4 aromatic carbocycles. The lowest BCUT2D eigenvalue weighted by molar-refractivity contribution is -0.0654. The quantitative estimate of drug-likeness (QED) is 0.108. The van der Waals surface area contributed by atoms with Gasteiger partial charge in [-0.25, -0.2) is 9.97 Å². The highest BCUT2D eigenvalue weighted by Crippen LogP contribution is 2.45. The Morgan fingerprint density at radius 3 is 1.20 bits per heavy atom. The summed E-state index contributed by atoms with van der Waals surface area (Å²) in [5.74, 6) is 3.22. The molecule has 8 aromatic rings. The summed E-state index contributed by atoms with van der Waals surface area (Å²) in [7, 11) is 3.61. The van der Waals surface area contributed by atoms with Crippen LogP contribution in [0.4, 0.5) is 0 Å². The third-order valence-electron chi connectivity index (χ3n) is 16.9. The van der Waals surface area contributed by atoms with Crippen molar-refractivity contribution in [3.05, 3.63) is 212 Å². The largest absolute Gasteiger partial charge is 0.496 e. The summed E-state index contributed by atoms with van der Waals surface area (Å²) in [6, 6.07) is 42.3. The van der Waals surface area contributed by atoms with E-state index in [0.717, 1.165) is 102 Å². The van der Waals surface area contributed by atoms with Gasteiger partial charge in [0.05, 0.1) is 108 Å². The first-order chi connectivity index (χ1) is 43.5. The van der Waals surface area contributed by atoms with Gasteiger partial charge in [0.25, 0.3) is 0 Å². The molecule has 0 amide bonds. The van der Waals surface area contributed by atoms with Gasteiger partial charge in [-0.05, 0) is 137 Å². The zero-order chi connectivity index (χ0) is 64.5. The molecule has 0 saturated carbocycles. The Bertz CT molecular complexity index is 3630. The Morgan fingerprint density at radius 2 is 0.791 bits per heavy atom. The van der Waals surface area contributed by atoms with E-state index in [-0.39, 0.29) is 67.9 Å². The van der Waals surface area contributed by atoms with Crippen LogP contribution in [0, 0.1) is 0 Å². The lowest BCUT2D eigenvalue weighted by atomic mass is 9.79. The maximum absolute atomic E-state index is 7.61. The second-order valence-corrected chi connectivity index (χ2v) is 28.3. The van der Waals surface area contributed by atoms with Crippen molar-refractivity contribution in [3.8, 4) is 45.8 Å². The smallest absolute Gasteiger partial charge is 0.145 e. The van der Waals surface area contributed by atoms with Crippen LogP contribution in [0.1, 0.15) is 161 Å². The third kappa shape index (κ3) is 17.2. The lowest BCUT2D eigenvalue weighted by Gasteiger charge is -2.30. The molecule has 480 valence electrons. The summed E-state index contributed by atoms with van der Waals surface area (Å²) in [6.07, 6.45) is 4.53. The molecule has 13 nitrogen and oxygen atoms in total. The number of pyridine rings is 4. The molecule has 91 heavy (non-hydrogen) atoms. The molecular formula is C78H94N4O9. The topological polar surface area (TPSA) is 135 Å². The van der Waals surface area contributed by atoms with Crippen LogP contribution >= 0.6 is 0 Å². The molecule has 4 aromatic heterocycles. The van der Waals surface area contributed by atoms with Crippen molar-refractivity contribution in [2.24, 2.45) is 0 Å². The van der Waals surface area contributed by atoms with Gasteiger partial charge in [0.2, 0.25) is 0 Å². The summed E-state index contributed by atoms with van der Waals surface area (Å²) in [5, 5.41) is 0. The number of hydrogen-bond donors (Lipinski definition) is 0. The molecule has 0 radical (unpaired) electrons. The first-order valence-corrected chi connectivity index (χ1v) is 32.2. The Hall–Kier alpha value is -7.52. The van der Waals surface area contributed by atoms with E-state index < -0.39 is 12.2 Å². The van der Waals surface area contributed by atoms with Crippen LogP contribution in [-0.4, -0.2) is 99.2 Å². The van der Waals surface area contributed by atoms with Gasteiger partial charge in [-0.15, -0.1) is 0 Å². The molecule has 0 fully saturated rings. The number of fused-ring (bicyclic) bond motifs is 12. The summed E-state index contributed by atoms with van der Waals surface area (Å²) in [5.41, 5.74) is 16.9. The van der Waals surface area contributed by atoms with Gasteiger partial charge in [-0.3, -0.25) is 9.97 Å². The highest BCUT2D eigenvalue weighted by atomic mass is 16.6. The zero-order valence-corrected chi connectivity index (χ0v) is 56.2. The number of aromatic nitrogens is 4. The van der Waals surface area contributed by atoms with Crippen LogP contribution in [-0.2, 0) is 84.2 Å². The predicted octanol–water partition coefficient (Wildman–Crippen LogP) is 15.5. The van der Waals surface area contributed by atoms with Crippen molar-refractivity contribution < 1.29 is 42.6 Å². The van der Waals surface area contributed by atoms with Crippen LogP contribution in [0.5, 0.6) is 23.0 Å². The summed E-state index contributed by atoms with van der Waals surface area (Å²) < 4.78 is 61.2. The summed E-state index contributed by atoms with van der Waals surface area (Å²) in [6.45, 7) is 30.0. The van der Waals surface area contributed by atoms with Crippen LogP contribution in [0.25, 0.3) is 22.8 Å². The Kier molecular flexibility index (Phi) is 21.1. The van der Waals surface area contributed by atoms with Gasteiger partial charge in [-0.2, -0.15) is 0 Å². The normalized spacial score (nSPS) is 16.3. The molecule has 0 saturated heterocycles. The van der Waals surface area contributed by atoms with Crippen molar-refractivity contribution >= 4 is 0 Å². The molecule has 11 rings (SSSR count). The van der Waals surface area contributed by atoms with Crippen molar-refractivity contribution in [3.63, 3.8) is 0 Å². The molecule has 2 aliphatic heterocycles. The number of benzene rings is 4. The van der Waals surface area contributed by atoms with Crippen LogP contribution < -0.4 is 18.9 Å². The number of nitrogens with zero attached hydrogens (tertiary/aromatic N) is 4. The van der Waals surface area contributed by atoms with Crippen molar-refractivity contribution in [1.29, 1.82) is 0 Å². The predicted molar refractivity (Wildman–Crippen MR) is 360 cm³/mol. The molecule has 0 unspecified atom stereocenters. The molecule has 1 aliphatic carbocycles. The van der Waals surface area contributed by atoms with Crippen LogP contribution in [0.3, 0.4) is 0 Å². The van der Waals surface area contributed by atoms with Crippen LogP contribution in [0.2, 0.25) is 0 Å². The molecular weight excluding hydrogens is 1140 g/mol. The van der Waals surface area contributed by atoms with Crippen molar-refractivity contribution in [2.45, 2.75) is 156 Å². The molecule has 0 spiro atoms. The standard InChI is InChI=1S/C78H94N4O9/c1-75(2,3)59-37-51-33-55-41-61(77(7,8)9)42-56-34-52-38-60(76(4,5)6)40-54(72(52)84-14)36-58-44-62(78(10,11)12)43-57(35-53(39-59)71(51)83-13)74(58)91-66(49-88-46-64-22-20-26-70(82-64)68-24-16-18-28-80-68)48-86-30-29-85-31-32-89-65(50-90-73(55)56)47-87-45-63-21-19-25-69(81-63)67-23-15-17-27-79-67/h15-28,37-44,65-66H,29-36,45-50H2,1-14H3/t65-,66-/m1/s1. The maximum atomic E-state index is 7.61. The first kappa shape index (κ1) is 66.4. The van der Waals surface area contributed by atoms with Gasteiger partial charge in [-0.1, -0.05) is 156 Å². The minimum absolute atomic E-state index is 0.191. The number of rotatable bonds is 12. The minimum atomic E-state index is -0.561. The van der Waals surface area contributed by atoms with E-state index in [1.54, 1.807) is 26.6 Å². The van der Waals surface area contributed by atoms with E-state index in [1.807, 2.05) is 72.8 Å². The fourth-order valence-electron chi connectivity index (χ4n) is 11.8. The second-order valence-electron chi connectivity index (χ2n) is 28.3. The molecule has 13 heteroatoms. The highest BCUT2D eigenvalue weighted by Gasteiger charge is 2.31. The summed E-state index contributed by atoms with van der Waals surface area (Å²) >= 11 is 0. The molecule has 10 bridgehead atoms. The van der Waals surface area contributed by atoms with E-state index in [1.165, 1.54) is 22.3 Å². The van der Waals surface area contributed by atoms with Crippen molar-refractivity contribution in [1.82, 2.24) is 19.9 Å². The lowest BCUT2D eigenvalue weighted by Crippen LogP contribution is -2.31. The molecule has 0 N–H and O–H groups in total. The van der Waals surface area contributed by atoms with E-state index in [9.17, 15) is 0 Å². The van der Waals surface area contributed by atoms with Crippen LogP contribution in [0.15, 0.2) is 134 Å².